The number of alkyl halides is 3. The van der Waals surface area contributed by atoms with Gasteiger partial charge in [-0.05, 0) is 49.2 Å². The van der Waals surface area contributed by atoms with E-state index in [2.05, 4.69) is 10.3 Å². The molecule has 1 fully saturated rings. The van der Waals surface area contributed by atoms with Crippen LogP contribution >= 0.6 is 0 Å². The molecule has 0 saturated carbocycles. The first kappa shape index (κ1) is 21.8. The molecule has 2 N–H and O–H groups in total. The predicted octanol–water partition coefficient (Wildman–Crippen LogP) is 3.82. The molecule has 1 aliphatic rings. The van der Waals surface area contributed by atoms with Gasteiger partial charge in [0.25, 0.3) is 5.91 Å². The molecule has 0 spiro atoms. The monoisotopic (exact) mass is 446 g/mol. The molecule has 2 amide bonds. The molecule has 32 heavy (non-hydrogen) atoms. The van der Waals surface area contributed by atoms with Gasteiger partial charge in [0.2, 0.25) is 11.9 Å². The van der Waals surface area contributed by atoms with Crippen molar-refractivity contribution in [1.29, 1.82) is 0 Å². The number of aromatic nitrogens is 2. The van der Waals surface area contributed by atoms with Crippen LogP contribution in [-0.2, 0) is 17.5 Å². The van der Waals surface area contributed by atoms with Gasteiger partial charge in [-0.1, -0.05) is 6.07 Å². The molecule has 0 aliphatic carbocycles. The molecular formula is C22H21F3N4O3. The minimum Gasteiger partial charge on any atom is -0.396 e. The lowest BCUT2D eigenvalue weighted by atomic mass is 10.1. The van der Waals surface area contributed by atoms with Crippen molar-refractivity contribution < 1.29 is 27.9 Å². The lowest BCUT2D eigenvalue weighted by Gasteiger charge is -2.15. The van der Waals surface area contributed by atoms with Crippen LogP contribution in [-0.4, -0.2) is 39.6 Å². The summed E-state index contributed by atoms with van der Waals surface area (Å²) in [6.07, 6.45) is -2.90. The molecule has 1 aliphatic heterocycles. The van der Waals surface area contributed by atoms with Crippen LogP contribution in [0.4, 0.5) is 24.8 Å². The number of imidazole rings is 1. The first-order valence-electron chi connectivity index (χ1n) is 10.2. The van der Waals surface area contributed by atoms with Gasteiger partial charge in [0.05, 0.1) is 16.6 Å². The zero-order chi connectivity index (χ0) is 22.9. The van der Waals surface area contributed by atoms with Crippen LogP contribution in [0.5, 0.6) is 0 Å². The summed E-state index contributed by atoms with van der Waals surface area (Å²) < 4.78 is 40.7. The van der Waals surface area contributed by atoms with Gasteiger partial charge < -0.3 is 14.6 Å². The zero-order valence-electron chi connectivity index (χ0n) is 17.0. The van der Waals surface area contributed by atoms with Crippen molar-refractivity contribution in [2.75, 3.05) is 23.4 Å². The third-order valence-corrected chi connectivity index (χ3v) is 5.33. The average molecular weight is 446 g/mol. The van der Waals surface area contributed by atoms with Crippen LogP contribution in [0.2, 0.25) is 0 Å². The Hall–Kier alpha value is -3.40. The molecule has 7 nitrogen and oxygen atoms in total. The fraction of sp³-hybridized carbons (Fsp3) is 0.318. The van der Waals surface area contributed by atoms with Crippen molar-refractivity contribution >= 4 is 34.5 Å². The van der Waals surface area contributed by atoms with Gasteiger partial charge in [0.1, 0.15) is 0 Å². The Kier molecular flexibility index (Phi) is 5.88. The molecule has 168 valence electrons. The number of anilines is 2. The number of benzene rings is 2. The standard InChI is InChI=1S/C22H21F3N4O3/c23-22(24,25)15-5-1-4-14(12-15)20(32)27-21-26-17-13-16(28-9-2-6-19(28)31)7-8-18(17)29(21)10-3-11-30/h1,4-5,7-8,12-13,30H,2-3,6,9-11H2,(H,26,27,32). The largest absolute Gasteiger partial charge is 0.416 e. The van der Waals surface area contributed by atoms with Crippen molar-refractivity contribution in [3.63, 3.8) is 0 Å². The molecule has 0 atom stereocenters. The second-order valence-corrected chi connectivity index (χ2v) is 7.52. The first-order valence-corrected chi connectivity index (χ1v) is 10.2. The second-order valence-electron chi connectivity index (χ2n) is 7.52. The quantitative estimate of drug-likeness (QED) is 0.603. The number of hydrogen-bond acceptors (Lipinski definition) is 4. The van der Waals surface area contributed by atoms with Gasteiger partial charge >= 0.3 is 6.18 Å². The fourth-order valence-corrected chi connectivity index (χ4v) is 3.77. The smallest absolute Gasteiger partial charge is 0.396 e. The van der Waals surface area contributed by atoms with Gasteiger partial charge in [-0.2, -0.15) is 13.2 Å². The predicted molar refractivity (Wildman–Crippen MR) is 112 cm³/mol. The number of nitrogens with zero attached hydrogens (tertiary/aromatic N) is 3. The van der Waals surface area contributed by atoms with E-state index < -0.39 is 17.6 Å². The third kappa shape index (κ3) is 4.31. The van der Waals surface area contributed by atoms with Gasteiger partial charge in [0, 0.05) is 37.4 Å². The Morgan fingerprint density at radius 2 is 2.00 bits per heavy atom. The fourth-order valence-electron chi connectivity index (χ4n) is 3.77. The Morgan fingerprint density at radius 1 is 1.19 bits per heavy atom. The number of aliphatic hydroxyl groups is 1. The highest BCUT2D eigenvalue weighted by Gasteiger charge is 2.31. The van der Waals surface area contributed by atoms with Crippen LogP contribution < -0.4 is 10.2 Å². The Balaban J connectivity index is 1.67. The highest BCUT2D eigenvalue weighted by Crippen LogP contribution is 2.30. The molecular weight excluding hydrogens is 425 g/mol. The van der Waals surface area contributed by atoms with Gasteiger partial charge in [-0.3, -0.25) is 14.9 Å². The van der Waals surface area contributed by atoms with Gasteiger partial charge in [-0.15, -0.1) is 0 Å². The van der Waals surface area contributed by atoms with E-state index in [0.717, 1.165) is 18.6 Å². The first-order chi connectivity index (χ1) is 15.3. The van der Waals surface area contributed by atoms with Crippen molar-refractivity contribution in [2.45, 2.75) is 32.0 Å². The summed E-state index contributed by atoms with van der Waals surface area (Å²) in [7, 11) is 0. The summed E-state index contributed by atoms with van der Waals surface area (Å²) in [5.41, 5.74) is 0.832. The number of aryl methyl sites for hydroxylation is 1. The number of aliphatic hydroxyl groups excluding tert-OH is 1. The summed E-state index contributed by atoms with van der Waals surface area (Å²) in [6, 6.07) is 9.46. The number of fused-ring (bicyclic) bond motifs is 1. The third-order valence-electron chi connectivity index (χ3n) is 5.33. The van der Waals surface area contributed by atoms with E-state index in [0.29, 0.717) is 42.7 Å². The molecule has 2 aromatic carbocycles. The maximum absolute atomic E-state index is 13.0. The number of nitrogens with one attached hydrogen (secondary N) is 1. The Labute approximate surface area is 181 Å². The molecule has 1 saturated heterocycles. The summed E-state index contributed by atoms with van der Waals surface area (Å²) in [5.74, 6) is -0.547. The van der Waals surface area contributed by atoms with Crippen molar-refractivity contribution in [1.82, 2.24) is 9.55 Å². The number of halogens is 3. The number of hydrogen-bond donors (Lipinski definition) is 2. The van der Waals surface area contributed by atoms with E-state index in [4.69, 9.17) is 0 Å². The maximum atomic E-state index is 13.0. The van der Waals surface area contributed by atoms with Crippen molar-refractivity contribution in [3.05, 3.63) is 53.6 Å². The lowest BCUT2D eigenvalue weighted by Crippen LogP contribution is -2.23. The number of rotatable bonds is 6. The lowest BCUT2D eigenvalue weighted by molar-refractivity contribution is -0.137. The molecule has 0 unspecified atom stereocenters. The van der Waals surface area contributed by atoms with Crippen LogP contribution in [0.1, 0.15) is 35.2 Å². The summed E-state index contributed by atoms with van der Waals surface area (Å²) in [5, 5.41) is 11.8. The van der Waals surface area contributed by atoms with E-state index in [1.165, 1.54) is 12.1 Å². The number of carbonyl (C=O) groups excluding carboxylic acids is 2. The Morgan fingerprint density at radius 3 is 2.69 bits per heavy atom. The summed E-state index contributed by atoms with van der Waals surface area (Å²) in [4.78, 5) is 30.9. The average Bonchev–Trinajstić information content (AvgIpc) is 3.34. The highest BCUT2D eigenvalue weighted by molar-refractivity contribution is 6.04. The molecule has 1 aromatic heterocycles. The summed E-state index contributed by atoms with van der Waals surface area (Å²) in [6.45, 7) is 0.878. The van der Waals surface area contributed by atoms with Gasteiger partial charge in [0.15, 0.2) is 0 Å². The van der Waals surface area contributed by atoms with E-state index in [9.17, 15) is 27.9 Å². The highest BCUT2D eigenvalue weighted by atomic mass is 19.4. The van der Waals surface area contributed by atoms with E-state index in [1.54, 1.807) is 27.7 Å². The topological polar surface area (TPSA) is 87.5 Å². The summed E-state index contributed by atoms with van der Waals surface area (Å²) >= 11 is 0. The molecule has 2 heterocycles. The molecule has 3 aromatic rings. The van der Waals surface area contributed by atoms with Crippen LogP contribution in [0, 0.1) is 0 Å². The SMILES string of the molecule is O=C(Nc1nc2cc(N3CCCC3=O)ccc2n1CCCO)c1cccc(C(F)(F)F)c1. The molecule has 4 rings (SSSR count). The maximum Gasteiger partial charge on any atom is 0.416 e. The minimum absolute atomic E-state index is 0.0298. The van der Waals surface area contributed by atoms with Gasteiger partial charge in [-0.25, -0.2) is 4.98 Å². The number of amides is 2. The second kappa shape index (κ2) is 8.62. The zero-order valence-corrected chi connectivity index (χ0v) is 17.0. The van der Waals surface area contributed by atoms with E-state index in [-0.39, 0.29) is 24.0 Å². The van der Waals surface area contributed by atoms with Crippen LogP contribution in [0.3, 0.4) is 0 Å². The molecule has 0 radical (unpaired) electrons. The molecule has 10 heteroatoms. The van der Waals surface area contributed by atoms with Crippen molar-refractivity contribution in [3.8, 4) is 0 Å². The van der Waals surface area contributed by atoms with Crippen LogP contribution in [0.25, 0.3) is 11.0 Å². The van der Waals surface area contributed by atoms with Crippen LogP contribution in [0.15, 0.2) is 42.5 Å². The minimum atomic E-state index is -4.56. The Bertz CT molecular complexity index is 1170. The molecule has 0 bridgehead atoms. The van der Waals surface area contributed by atoms with E-state index in [1.807, 2.05) is 0 Å². The number of carbonyl (C=O) groups is 2. The van der Waals surface area contributed by atoms with Crippen molar-refractivity contribution in [2.24, 2.45) is 0 Å². The normalized spacial score (nSPS) is 14.4. The van der Waals surface area contributed by atoms with E-state index >= 15 is 0 Å².